The molecule has 6 heteroatoms. The van der Waals surface area contributed by atoms with E-state index in [2.05, 4.69) is 10.3 Å². The third-order valence-electron chi connectivity index (χ3n) is 3.90. The number of hydrogen-bond donors (Lipinski definition) is 4. The van der Waals surface area contributed by atoms with E-state index in [1.54, 1.807) is 24.5 Å². The van der Waals surface area contributed by atoms with Crippen LogP contribution in [0.25, 0.3) is 17.0 Å². The molecule has 0 spiro atoms. The van der Waals surface area contributed by atoms with Gasteiger partial charge >= 0.3 is 0 Å². The molecule has 3 rings (SSSR count). The van der Waals surface area contributed by atoms with Gasteiger partial charge in [0.2, 0.25) is 0 Å². The summed E-state index contributed by atoms with van der Waals surface area (Å²) < 4.78 is 1.86. The molecule has 124 valence electrons. The molecule has 24 heavy (non-hydrogen) atoms. The Morgan fingerprint density at radius 1 is 1.38 bits per heavy atom. The lowest BCUT2D eigenvalue weighted by molar-refractivity contribution is 0.473. The van der Waals surface area contributed by atoms with Crippen molar-refractivity contribution in [3.63, 3.8) is 0 Å². The Balaban J connectivity index is 1.91. The van der Waals surface area contributed by atoms with Crippen LogP contribution in [0.3, 0.4) is 0 Å². The normalized spacial score (nSPS) is 15.3. The van der Waals surface area contributed by atoms with Crippen LogP contribution in [0.5, 0.6) is 5.75 Å². The van der Waals surface area contributed by atoms with E-state index < -0.39 is 0 Å². The van der Waals surface area contributed by atoms with E-state index in [1.807, 2.05) is 36.0 Å². The molecule has 0 saturated heterocycles. The van der Waals surface area contributed by atoms with E-state index in [9.17, 15) is 5.11 Å². The number of aromatic hydroxyl groups is 1. The van der Waals surface area contributed by atoms with Gasteiger partial charge in [-0.1, -0.05) is 18.2 Å². The number of nitrogens with zero attached hydrogens (tertiary/aromatic N) is 2. The van der Waals surface area contributed by atoms with Crippen LogP contribution >= 0.6 is 0 Å². The highest BCUT2D eigenvalue weighted by Gasteiger charge is 2.10. The van der Waals surface area contributed by atoms with Crippen molar-refractivity contribution in [1.29, 1.82) is 0 Å². The first-order chi connectivity index (χ1) is 11.5. The molecule has 0 atom stereocenters. The van der Waals surface area contributed by atoms with E-state index in [1.165, 1.54) is 0 Å². The van der Waals surface area contributed by atoms with Crippen molar-refractivity contribution in [3.05, 3.63) is 65.9 Å². The van der Waals surface area contributed by atoms with Gasteiger partial charge in [0, 0.05) is 36.6 Å². The molecule has 0 bridgehead atoms. The fourth-order valence-corrected chi connectivity index (χ4v) is 2.59. The molecule has 2 aromatic rings. The van der Waals surface area contributed by atoms with Gasteiger partial charge in [-0.3, -0.25) is 0 Å². The van der Waals surface area contributed by atoms with Gasteiger partial charge in [-0.15, -0.1) is 0 Å². The van der Waals surface area contributed by atoms with Crippen LogP contribution in [0.4, 0.5) is 0 Å². The van der Waals surface area contributed by atoms with Crippen LogP contribution in [-0.4, -0.2) is 21.2 Å². The lowest BCUT2D eigenvalue weighted by Crippen LogP contribution is -2.20. The molecule has 0 fully saturated rings. The Morgan fingerprint density at radius 2 is 2.21 bits per heavy atom. The molecule has 1 aliphatic rings. The van der Waals surface area contributed by atoms with E-state index >= 15 is 0 Å². The summed E-state index contributed by atoms with van der Waals surface area (Å²) in [4.78, 5) is 4.28. The maximum absolute atomic E-state index is 10.3. The summed E-state index contributed by atoms with van der Waals surface area (Å²) in [5.41, 5.74) is 15.7. The first-order valence-corrected chi connectivity index (χ1v) is 7.71. The second-order valence-electron chi connectivity index (χ2n) is 5.75. The van der Waals surface area contributed by atoms with E-state index in [-0.39, 0.29) is 5.75 Å². The first kappa shape index (κ1) is 15.7. The van der Waals surface area contributed by atoms with Gasteiger partial charge in [0.1, 0.15) is 5.75 Å². The Kier molecular flexibility index (Phi) is 4.29. The van der Waals surface area contributed by atoms with E-state index in [0.29, 0.717) is 30.0 Å². The molecule has 0 saturated carbocycles. The molecule has 0 radical (unpaired) electrons. The third kappa shape index (κ3) is 3.27. The molecule has 0 aliphatic carbocycles. The van der Waals surface area contributed by atoms with Gasteiger partial charge in [0.25, 0.3) is 0 Å². The Hall–Kier alpha value is -3.15. The first-order valence-electron chi connectivity index (χ1n) is 7.71. The van der Waals surface area contributed by atoms with Crippen molar-refractivity contribution >= 4 is 5.70 Å². The highest BCUT2D eigenvalue weighted by Crippen LogP contribution is 2.29. The number of hydrogen-bond acceptors (Lipinski definition) is 5. The van der Waals surface area contributed by atoms with Gasteiger partial charge < -0.3 is 26.5 Å². The number of aryl methyl sites for hydroxylation is 1. The van der Waals surface area contributed by atoms with Crippen LogP contribution < -0.4 is 16.8 Å². The van der Waals surface area contributed by atoms with Crippen LogP contribution in [0.2, 0.25) is 0 Å². The minimum atomic E-state index is 0.114. The molecular weight excluding hydrogens is 302 g/mol. The molecule has 1 aliphatic heterocycles. The van der Waals surface area contributed by atoms with E-state index in [0.717, 1.165) is 16.8 Å². The number of nitrogens with two attached hydrogens (primary N) is 2. The lowest BCUT2D eigenvalue weighted by atomic mass is 10.0. The molecule has 6 N–H and O–H groups in total. The predicted octanol–water partition coefficient (Wildman–Crippen LogP) is 1.81. The van der Waals surface area contributed by atoms with Crippen molar-refractivity contribution in [3.8, 4) is 17.0 Å². The zero-order valence-electron chi connectivity index (χ0n) is 13.5. The van der Waals surface area contributed by atoms with Crippen LogP contribution in [0, 0.1) is 0 Å². The topological polar surface area (TPSA) is 102 Å². The maximum atomic E-state index is 10.3. The standard InChI is InChI=1S/C18H21N5O/c1-23-10-16(22-11-23)12-5-6-14(17(24)9-12)15(19)8-13-4-2-3-7-21-18(13)20/h2-3,5-6,8-11,21,24H,4,7,19-20H2,1H3/b15-8-. The maximum Gasteiger partial charge on any atom is 0.125 e. The predicted molar refractivity (Wildman–Crippen MR) is 95.4 cm³/mol. The molecule has 2 heterocycles. The molecule has 0 amide bonds. The summed E-state index contributed by atoms with van der Waals surface area (Å²) in [6, 6.07) is 5.35. The molecule has 6 nitrogen and oxygen atoms in total. The molecular formula is C18H21N5O. The lowest BCUT2D eigenvalue weighted by Gasteiger charge is -2.10. The summed E-state index contributed by atoms with van der Waals surface area (Å²) in [6.45, 7) is 0.701. The van der Waals surface area contributed by atoms with Gasteiger partial charge in [-0.25, -0.2) is 4.98 Å². The zero-order chi connectivity index (χ0) is 17.1. The largest absolute Gasteiger partial charge is 0.507 e. The number of imidazole rings is 1. The summed E-state index contributed by atoms with van der Waals surface area (Å²) in [7, 11) is 1.90. The monoisotopic (exact) mass is 323 g/mol. The fourth-order valence-electron chi connectivity index (χ4n) is 2.59. The second kappa shape index (κ2) is 6.54. The second-order valence-corrected chi connectivity index (χ2v) is 5.75. The number of phenolic OH excluding ortho intramolecular Hbond substituents is 1. The van der Waals surface area contributed by atoms with Gasteiger partial charge in [-0.05, 0) is 30.2 Å². The van der Waals surface area contributed by atoms with Crippen molar-refractivity contribution in [2.75, 3.05) is 6.54 Å². The SMILES string of the molecule is Cn1cnc(-c2ccc(/C(N)=C/C3=C(N)NCC=CC3)c(O)c2)c1. The van der Waals surface area contributed by atoms with Crippen LogP contribution in [0.15, 0.2) is 60.3 Å². The van der Waals surface area contributed by atoms with E-state index in [4.69, 9.17) is 11.5 Å². The third-order valence-corrected chi connectivity index (χ3v) is 3.90. The van der Waals surface area contributed by atoms with Crippen molar-refractivity contribution in [2.45, 2.75) is 6.42 Å². The minimum absolute atomic E-state index is 0.114. The average molecular weight is 323 g/mol. The average Bonchev–Trinajstić information content (AvgIpc) is 2.89. The number of allylic oxidation sites excluding steroid dienone is 3. The summed E-state index contributed by atoms with van der Waals surface area (Å²) in [5, 5.41) is 13.4. The van der Waals surface area contributed by atoms with Crippen molar-refractivity contribution < 1.29 is 5.11 Å². The number of nitrogens with one attached hydrogen (secondary N) is 1. The number of phenols is 1. The molecule has 1 aromatic carbocycles. The quantitative estimate of drug-likeness (QED) is 0.645. The van der Waals surface area contributed by atoms with Crippen molar-refractivity contribution in [2.24, 2.45) is 18.5 Å². The molecule has 0 unspecified atom stereocenters. The van der Waals surface area contributed by atoms with Crippen LogP contribution in [0.1, 0.15) is 12.0 Å². The minimum Gasteiger partial charge on any atom is -0.507 e. The summed E-state index contributed by atoms with van der Waals surface area (Å²) >= 11 is 0. The fraction of sp³-hybridized carbons (Fsp3) is 0.167. The Labute approximate surface area is 140 Å². The summed E-state index contributed by atoms with van der Waals surface area (Å²) in [5.74, 6) is 0.718. The Morgan fingerprint density at radius 3 is 2.92 bits per heavy atom. The highest BCUT2D eigenvalue weighted by molar-refractivity contribution is 5.74. The van der Waals surface area contributed by atoms with Gasteiger partial charge in [0.05, 0.1) is 17.8 Å². The highest BCUT2D eigenvalue weighted by atomic mass is 16.3. The smallest absolute Gasteiger partial charge is 0.125 e. The zero-order valence-corrected chi connectivity index (χ0v) is 13.5. The van der Waals surface area contributed by atoms with Gasteiger partial charge in [0.15, 0.2) is 0 Å². The molecule has 1 aromatic heterocycles. The number of benzene rings is 1. The Bertz CT molecular complexity index is 845. The van der Waals surface area contributed by atoms with Crippen molar-refractivity contribution in [1.82, 2.24) is 14.9 Å². The summed E-state index contributed by atoms with van der Waals surface area (Å²) in [6.07, 6.45) is 10.2. The number of rotatable bonds is 3. The number of aromatic nitrogens is 2. The van der Waals surface area contributed by atoms with Gasteiger partial charge in [-0.2, -0.15) is 0 Å². The van der Waals surface area contributed by atoms with Crippen LogP contribution in [-0.2, 0) is 7.05 Å².